The molecule has 0 aliphatic rings. The number of nitrogens with zero attached hydrogens (tertiary/aromatic N) is 2. The average molecular weight is 326 g/mol. The van der Waals surface area contributed by atoms with Gasteiger partial charge in [-0.25, -0.2) is 9.97 Å². The van der Waals surface area contributed by atoms with Gasteiger partial charge in [-0.15, -0.1) is 0 Å². The summed E-state index contributed by atoms with van der Waals surface area (Å²) >= 11 is 0. The van der Waals surface area contributed by atoms with Gasteiger partial charge in [0, 0.05) is 11.1 Å². The molecular formula is C20H26N2O2. The van der Waals surface area contributed by atoms with Crippen molar-refractivity contribution < 1.29 is 9.53 Å². The second kappa shape index (κ2) is 9.81. The van der Waals surface area contributed by atoms with Crippen LogP contribution >= 0.6 is 0 Å². The number of carbonyl (C=O) groups is 1. The van der Waals surface area contributed by atoms with Crippen molar-refractivity contribution in [1.82, 2.24) is 9.97 Å². The molecule has 4 nitrogen and oxygen atoms in total. The number of ether oxygens (including phenoxy) is 1. The van der Waals surface area contributed by atoms with E-state index in [0.29, 0.717) is 23.7 Å². The first-order chi connectivity index (χ1) is 11.7. The highest BCUT2D eigenvalue weighted by Crippen LogP contribution is 2.18. The van der Waals surface area contributed by atoms with Gasteiger partial charge in [0.15, 0.2) is 17.4 Å². The normalized spacial score (nSPS) is 10.6. The quantitative estimate of drug-likeness (QED) is 0.451. The molecule has 0 fully saturated rings. The number of hydrogen-bond donors (Lipinski definition) is 0. The molecule has 0 amide bonds. The van der Waals surface area contributed by atoms with Crippen LogP contribution in [0.25, 0.3) is 11.4 Å². The lowest BCUT2D eigenvalue weighted by molar-refractivity contribution is 0.101. The predicted molar refractivity (Wildman–Crippen MR) is 96.3 cm³/mol. The zero-order valence-electron chi connectivity index (χ0n) is 14.6. The maximum absolute atomic E-state index is 11.3. The number of ketones is 1. The van der Waals surface area contributed by atoms with Gasteiger partial charge in [0.2, 0.25) is 0 Å². The molecule has 1 heterocycles. The molecule has 2 aromatic rings. The summed E-state index contributed by atoms with van der Waals surface area (Å²) in [5, 5.41) is 0. The maximum Gasteiger partial charge on any atom is 0.159 e. The molecule has 128 valence electrons. The van der Waals surface area contributed by atoms with Crippen molar-refractivity contribution in [2.75, 3.05) is 6.61 Å². The standard InChI is InChI=1S/C20H26N2O2/c1-3-4-5-6-7-8-13-24-19-14-21-20(22-15-19)18-11-9-17(10-12-18)16(2)23/h9-12,14-15H,3-8,13H2,1-2H3. The molecule has 24 heavy (non-hydrogen) atoms. The van der Waals surface area contributed by atoms with E-state index in [1.165, 1.54) is 32.1 Å². The molecule has 0 saturated carbocycles. The molecule has 0 spiro atoms. The van der Waals surface area contributed by atoms with Crippen LogP contribution in [0.3, 0.4) is 0 Å². The van der Waals surface area contributed by atoms with E-state index >= 15 is 0 Å². The number of carbonyl (C=O) groups excluding carboxylic acids is 1. The van der Waals surface area contributed by atoms with E-state index in [1.807, 2.05) is 12.1 Å². The van der Waals surface area contributed by atoms with Crippen LogP contribution in [0.5, 0.6) is 5.75 Å². The van der Waals surface area contributed by atoms with Gasteiger partial charge in [-0.1, -0.05) is 63.3 Å². The molecule has 0 bridgehead atoms. The van der Waals surface area contributed by atoms with Gasteiger partial charge in [-0.2, -0.15) is 0 Å². The van der Waals surface area contributed by atoms with Crippen molar-refractivity contribution in [1.29, 1.82) is 0 Å². The Hall–Kier alpha value is -2.23. The minimum absolute atomic E-state index is 0.0564. The lowest BCUT2D eigenvalue weighted by atomic mass is 10.1. The first kappa shape index (κ1) is 18.1. The summed E-state index contributed by atoms with van der Waals surface area (Å²) in [7, 11) is 0. The van der Waals surface area contributed by atoms with Crippen molar-refractivity contribution in [2.24, 2.45) is 0 Å². The van der Waals surface area contributed by atoms with E-state index < -0.39 is 0 Å². The van der Waals surface area contributed by atoms with E-state index in [-0.39, 0.29) is 5.78 Å². The third-order valence-corrected chi connectivity index (χ3v) is 3.94. The largest absolute Gasteiger partial charge is 0.490 e. The molecule has 0 radical (unpaired) electrons. The highest BCUT2D eigenvalue weighted by atomic mass is 16.5. The lowest BCUT2D eigenvalue weighted by Crippen LogP contribution is -1.99. The Kier molecular flexibility index (Phi) is 7.40. The van der Waals surface area contributed by atoms with E-state index in [4.69, 9.17) is 4.74 Å². The van der Waals surface area contributed by atoms with Gasteiger partial charge >= 0.3 is 0 Å². The summed E-state index contributed by atoms with van der Waals surface area (Å²) in [6, 6.07) is 7.32. The molecule has 0 aliphatic heterocycles. The molecular weight excluding hydrogens is 300 g/mol. The fourth-order valence-electron chi connectivity index (χ4n) is 2.47. The van der Waals surface area contributed by atoms with E-state index in [0.717, 1.165) is 12.0 Å². The van der Waals surface area contributed by atoms with Crippen molar-refractivity contribution in [3.8, 4) is 17.1 Å². The Morgan fingerprint density at radius 3 is 2.21 bits per heavy atom. The van der Waals surface area contributed by atoms with Crippen LogP contribution in [-0.2, 0) is 0 Å². The Labute approximate surface area is 144 Å². The lowest BCUT2D eigenvalue weighted by Gasteiger charge is -2.06. The fourth-order valence-corrected chi connectivity index (χ4v) is 2.47. The van der Waals surface area contributed by atoms with Gasteiger partial charge in [0.1, 0.15) is 0 Å². The smallest absolute Gasteiger partial charge is 0.159 e. The summed E-state index contributed by atoms with van der Waals surface area (Å²) in [6.07, 6.45) is 10.9. The molecule has 0 atom stereocenters. The van der Waals surface area contributed by atoms with Crippen LogP contribution < -0.4 is 4.74 Å². The summed E-state index contributed by atoms with van der Waals surface area (Å²) in [5.74, 6) is 1.39. The van der Waals surface area contributed by atoms with Gasteiger partial charge in [-0.3, -0.25) is 4.79 Å². The fraction of sp³-hybridized carbons (Fsp3) is 0.450. The van der Waals surface area contributed by atoms with Gasteiger partial charge < -0.3 is 4.74 Å². The number of rotatable bonds is 10. The second-order valence-electron chi connectivity index (χ2n) is 5.99. The summed E-state index contributed by atoms with van der Waals surface area (Å²) in [5.41, 5.74) is 1.58. The highest BCUT2D eigenvalue weighted by molar-refractivity contribution is 5.94. The third-order valence-electron chi connectivity index (χ3n) is 3.94. The van der Waals surface area contributed by atoms with Crippen molar-refractivity contribution >= 4 is 5.78 Å². The summed E-state index contributed by atoms with van der Waals surface area (Å²) < 4.78 is 5.68. The van der Waals surface area contributed by atoms with Gasteiger partial charge in [0.05, 0.1) is 19.0 Å². The van der Waals surface area contributed by atoms with Crippen molar-refractivity contribution in [2.45, 2.75) is 52.4 Å². The SMILES string of the molecule is CCCCCCCCOc1cnc(-c2ccc(C(C)=O)cc2)nc1. The first-order valence-corrected chi connectivity index (χ1v) is 8.77. The first-order valence-electron chi connectivity index (χ1n) is 8.77. The van der Waals surface area contributed by atoms with Crippen LogP contribution in [0.2, 0.25) is 0 Å². The third kappa shape index (κ3) is 5.76. The van der Waals surface area contributed by atoms with Crippen LogP contribution in [0.4, 0.5) is 0 Å². The zero-order chi connectivity index (χ0) is 17.2. The van der Waals surface area contributed by atoms with Crippen LogP contribution in [0, 0.1) is 0 Å². The van der Waals surface area contributed by atoms with E-state index in [9.17, 15) is 4.79 Å². The van der Waals surface area contributed by atoms with Crippen LogP contribution in [0.1, 0.15) is 62.7 Å². The molecule has 0 N–H and O–H groups in total. The van der Waals surface area contributed by atoms with E-state index in [1.54, 1.807) is 31.5 Å². The van der Waals surface area contributed by atoms with Gasteiger partial charge in [0.25, 0.3) is 0 Å². The van der Waals surface area contributed by atoms with E-state index in [2.05, 4.69) is 16.9 Å². The van der Waals surface area contributed by atoms with Crippen molar-refractivity contribution in [3.63, 3.8) is 0 Å². The maximum atomic E-state index is 11.3. The molecule has 4 heteroatoms. The van der Waals surface area contributed by atoms with Gasteiger partial charge in [-0.05, 0) is 13.3 Å². The highest BCUT2D eigenvalue weighted by Gasteiger charge is 2.04. The molecule has 0 aliphatic carbocycles. The number of benzene rings is 1. The van der Waals surface area contributed by atoms with Crippen LogP contribution in [0.15, 0.2) is 36.7 Å². The Bertz CT molecular complexity index is 621. The Morgan fingerprint density at radius 2 is 1.58 bits per heavy atom. The zero-order valence-corrected chi connectivity index (χ0v) is 14.6. The average Bonchev–Trinajstić information content (AvgIpc) is 2.61. The minimum Gasteiger partial charge on any atom is -0.490 e. The number of hydrogen-bond acceptors (Lipinski definition) is 4. The number of aromatic nitrogens is 2. The minimum atomic E-state index is 0.0564. The second-order valence-corrected chi connectivity index (χ2v) is 5.99. The molecule has 0 unspecified atom stereocenters. The number of unbranched alkanes of at least 4 members (excludes halogenated alkanes) is 5. The molecule has 1 aromatic heterocycles. The predicted octanol–water partition coefficient (Wildman–Crippen LogP) is 5.09. The molecule has 1 aromatic carbocycles. The molecule has 0 saturated heterocycles. The monoisotopic (exact) mass is 326 g/mol. The Balaban J connectivity index is 1.79. The summed E-state index contributed by atoms with van der Waals surface area (Å²) in [6.45, 7) is 4.49. The van der Waals surface area contributed by atoms with Crippen LogP contribution in [-0.4, -0.2) is 22.4 Å². The summed E-state index contributed by atoms with van der Waals surface area (Å²) in [4.78, 5) is 20.0. The topological polar surface area (TPSA) is 52.1 Å². The van der Waals surface area contributed by atoms with Crippen molar-refractivity contribution in [3.05, 3.63) is 42.2 Å². The number of Topliss-reactive ketones (excluding diaryl/α,β-unsaturated/α-hetero) is 1. The molecule has 2 rings (SSSR count). The Morgan fingerprint density at radius 1 is 0.958 bits per heavy atom.